The topological polar surface area (TPSA) is 33.3 Å². The smallest absolute Gasteiger partial charge is 0.403 e. The van der Waals surface area contributed by atoms with Crippen molar-refractivity contribution in [2.45, 2.75) is 0 Å². The molecule has 0 bridgehead atoms. The Bertz CT molecular complexity index is 571. The summed E-state index contributed by atoms with van der Waals surface area (Å²) in [4.78, 5) is 0. The molecule has 0 saturated heterocycles. The summed E-state index contributed by atoms with van der Waals surface area (Å²) in [6.07, 6.45) is 0. The highest BCUT2D eigenvalue weighted by Crippen LogP contribution is 2.34. The van der Waals surface area contributed by atoms with E-state index in [4.69, 9.17) is 4.74 Å². The highest BCUT2D eigenvalue weighted by Gasteiger charge is 2.25. The Morgan fingerprint density at radius 2 is 1.78 bits per heavy atom. The number of nitrogens with one attached hydrogen (secondary N) is 2. The summed E-state index contributed by atoms with van der Waals surface area (Å²) in [5.74, 6) is 0. The maximum absolute atomic E-state index is 5.14. The van der Waals surface area contributed by atoms with Gasteiger partial charge in [-0.1, -0.05) is 24.3 Å². The van der Waals surface area contributed by atoms with Gasteiger partial charge < -0.3 is 15.2 Å². The predicted molar refractivity (Wildman–Crippen MR) is 78.0 cm³/mol. The molecule has 3 nitrogen and oxygen atoms in total. The third kappa shape index (κ3) is 1.75. The molecule has 0 aliphatic carbocycles. The van der Waals surface area contributed by atoms with E-state index >= 15 is 0 Å². The Balaban J connectivity index is 2.03. The van der Waals surface area contributed by atoms with E-state index in [1.165, 1.54) is 10.8 Å². The zero-order chi connectivity index (χ0) is 12.5. The lowest BCUT2D eigenvalue weighted by molar-refractivity contribution is 0.230. The fourth-order valence-corrected chi connectivity index (χ4v) is 2.40. The molecule has 90 valence electrons. The molecule has 0 radical (unpaired) electrons. The minimum absolute atomic E-state index is 0.0189. The summed E-state index contributed by atoms with van der Waals surface area (Å²) < 4.78 is 5.14. The van der Waals surface area contributed by atoms with Gasteiger partial charge in [0, 0.05) is 23.9 Å². The van der Waals surface area contributed by atoms with Crippen LogP contribution in [0.3, 0.4) is 0 Å². The average molecular weight is 238 g/mol. The Morgan fingerprint density at radius 1 is 1.17 bits per heavy atom. The lowest BCUT2D eigenvalue weighted by atomic mass is 9.66. The van der Waals surface area contributed by atoms with Crippen LogP contribution in [0.1, 0.15) is 0 Å². The van der Waals surface area contributed by atoms with Gasteiger partial charge in [-0.3, -0.25) is 0 Å². The van der Waals surface area contributed by atoms with Crippen LogP contribution in [0.4, 0.5) is 11.4 Å². The van der Waals surface area contributed by atoms with Crippen molar-refractivity contribution in [1.82, 2.24) is 0 Å². The van der Waals surface area contributed by atoms with E-state index in [9.17, 15) is 0 Å². The second kappa shape index (κ2) is 4.39. The van der Waals surface area contributed by atoms with Crippen LogP contribution >= 0.6 is 0 Å². The molecule has 3 rings (SSSR count). The monoisotopic (exact) mass is 238 g/mol. The molecule has 2 aromatic carbocycles. The van der Waals surface area contributed by atoms with Gasteiger partial charge in [-0.25, -0.2) is 0 Å². The van der Waals surface area contributed by atoms with Gasteiger partial charge in [0.15, 0.2) is 0 Å². The van der Waals surface area contributed by atoms with Gasteiger partial charge in [0.2, 0.25) is 0 Å². The summed E-state index contributed by atoms with van der Waals surface area (Å²) in [6, 6.07) is 12.6. The molecule has 0 saturated carbocycles. The van der Waals surface area contributed by atoms with Crippen molar-refractivity contribution in [3.05, 3.63) is 48.4 Å². The minimum atomic E-state index is 0.0189. The number of ether oxygens (including phenoxy) is 1. The Labute approximate surface area is 107 Å². The first kappa shape index (κ1) is 11.2. The number of anilines is 2. The molecule has 2 aromatic rings. The molecule has 18 heavy (non-hydrogen) atoms. The second-order valence-corrected chi connectivity index (χ2v) is 4.52. The standard InChI is InChI=1S/C14H15BN2O/c1-10(9-18-2)15-16-12-7-3-5-11-6-4-8-13(17-15)14(11)12/h3-8,16-17H,1,9H2,2H3. The molecule has 2 N–H and O–H groups in total. The van der Waals surface area contributed by atoms with Crippen molar-refractivity contribution in [1.29, 1.82) is 0 Å². The zero-order valence-electron chi connectivity index (χ0n) is 10.4. The normalized spacial score (nSPS) is 13.1. The van der Waals surface area contributed by atoms with Crippen molar-refractivity contribution in [2.75, 3.05) is 24.2 Å². The Morgan fingerprint density at radius 3 is 2.33 bits per heavy atom. The van der Waals surface area contributed by atoms with E-state index < -0.39 is 0 Å². The van der Waals surface area contributed by atoms with Crippen LogP contribution in [0.5, 0.6) is 0 Å². The van der Waals surface area contributed by atoms with Crippen molar-refractivity contribution in [2.24, 2.45) is 0 Å². The van der Waals surface area contributed by atoms with E-state index in [2.05, 4.69) is 53.4 Å². The maximum atomic E-state index is 5.14. The van der Waals surface area contributed by atoms with Gasteiger partial charge in [-0.15, -0.1) is 6.58 Å². The fraction of sp³-hybridized carbons (Fsp3) is 0.143. The van der Waals surface area contributed by atoms with Crippen molar-refractivity contribution in [3.63, 3.8) is 0 Å². The molecule has 1 aliphatic rings. The number of rotatable bonds is 3. The second-order valence-electron chi connectivity index (χ2n) is 4.52. The van der Waals surface area contributed by atoms with Gasteiger partial charge in [-0.05, 0) is 23.0 Å². The summed E-state index contributed by atoms with van der Waals surface area (Å²) in [5, 5.41) is 9.38. The lowest BCUT2D eigenvalue weighted by Gasteiger charge is -2.27. The highest BCUT2D eigenvalue weighted by atomic mass is 16.5. The minimum Gasteiger partial charge on any atom is -0.405 e. The fourth-order valence-electron chi connectivity index (χ4n) is 2.40. The first-order chi connectivity index (χ1) is 8.79. The number of hydrogen-bond acceptors (Lipinski definition) is 3. The third-order valence-electron chi connectivity index (χ3n) is 3.24. The molecule has 0 atom stereocenters. The molecule has 4 heteroatoms. The van der Waals surface area contributed by atoms with Gasteiger partial charge in [0.1, 0.15) is 0 Å². The van der Waals surface area contributed by atoms with Gasteiger partial charge in [0.25, 0.3) is 0 Å². The zero-order valence-corrected chi connectivity index (χ0v) is 10.4. The molecular weight excluding hydrogens is 223 g/mol. The average Bonchev–Trinajstić information content (AvgIpc) is 2.39. The van der Waals surface area contributed by atoms with Crippen LogP contribution in [0.15, 0.2) is 48.4 Å². The van der Waals surface area contributed by atoms with E-state index in [0.29, 0.717) is 6.61 Å². The summed E-state index contributed by atoms with van der Waals surface area (Å²) in [6.45, 7) is 4.62. The van der Waals surface area contributed by atoms with Crippen LogP contribution in [0.25, 0.3) is 10.8 Å². The summed E-state index contributed by atoms with van der Waals surface area (Å²) >= 11 is 0. The van der Waals surface area contributed by atoms with Gasteiger partial charge in [-0.2, -0.15) is 0 Å². The highest BCUT2D eigenvalue weighted by molar-refractivity contribution is 6.74. The molecular formula is C14H15BN2O. The summed E-state index contributed by atoms with van der Waals surface area (Å²) in [7, 11) is 1.68. The molecule has 1 heterocycles. The van der Waals surface area contributed by atoms with Gasteiger partial charge in [0.05, 0.1) is 6.61 Å². The molecule has 0 amide bonds. The number of methoxy groups -OCH3 is 1. The first-order valence-corrected chi connectivity index (χ1v) is 6.01. The third-order valence-corrected chi connectivity index (χ3v) is 3.24. The van der Waals surface area contributed by atoms with Crippen LogP contribution in [0.2, 0.25) is 0 Å². The van der Waals surface area contributed by atoms with E-state index in [1.54, 1.807) is 7.11 Å². The Hall–Kier alpha value is -1.94. The van der Waals surface area contributed by atoms with Crippen LogP contribution in [-0.2, 0) is 4.74 Å². The SMILES string of the molecule is C=C(COC)B1Nc2cccc3cccc(c23)N1. The van der Waals surface area contributed by atoms with Crippen molar-refractivity contribution < 1.29 is 4.74 Å². The van der Waals surface area contributed by atoms with Crippen molar-refractivity contribution >= 4 is 29.1 Å². The van der Waals surface area contributed by atoms with Gasteiger partial charge >= 0.3 is 6.98 Å². The molecule has 0 spiro atoms. The predicted octanol–water partition coefficient (Wildman–Crippen LogP) is 2.91. The Kier molecular flexibility index (Phi) is 2.72. The first-order valence-electron chi connectivity index (χ1n) is 6.01. The van der Waals surface area contributed by atoms with Crippen molar-refractivity contribution in [3.8, 4) is 0 Å². The summed E-state index contributed by atoms with van der Waals surface area (Å²) in [5.41, 5.74) is 3.28. The largest absolute Gasteiger partial charge is 0.405 e. The quantitative estimate of drug-likeness (QED) is 0.806. The molecule has 0 fully saturated rings. The van der Waals surface area contributed by atoms with E-state index in [1.807, 2.05) is 0 Å². The molecule has 0 unspecified atom stereocenters. The van der Waals surface area contributed by atoms with Crippen LogP contribution in [-0.4, -0.2) is 20.7 Å². The van der Waals surface area contributed by atoms with E-state index in [-0.39, 0.29) is 6.98 Å². The maximum Gasteiger partial charge on any atom is 0.403 e. The number of benzene rings is 2. The van der Waals surface area contributed by atoms with Crippen LogP contribution in [0, 0.1) is 0 Å². The lowest BCUT2D eigenvalue weighted by Crippen LogP contribution is -2.40. The molecule has 0 aromatic heterocycles. The van der Waals surface area contributed by atoms with E-state index in [0.717, 1.165) is 16.8 Å². The molecule has 1 aliphatic heterocycles. The number of hydrogen-bond donors (Lipinski definition) is 2. The van der Waals surface area contributed by atoms with Crippen LogP contribution < -0.4 is 10.5 Å².